The summed E-state index contributed by atoms with van der Waals surface area (Å²) in [7, 11) is 3.49. The molecule has 3 rings (SSSR count). The Morgan fingerprint density at radius 2 is 1.81 bits per heavy atom. The van der Waals surface area contributed by atoms with Crippen molar-refractivity contribution < 1.29 is 41.8 Å². The quantitative estimate of drug-likeness (QED) is 0.655. The second kappa shape index (κ2) is 9.18. The topological polar surface area (TPSA) is 99.2 Å². The molecular weight excluding hydrogens is 426 g/mol. The number of hydrogen-bond acceptors (Lipinski definition) is 5. The zero-order chi connectivity index (χ0) is 23.6. The van der Waals surface area contributed by atoms with Crippen LogP contribution in [0.15, 0.2) is 18.2 Å². The van der Waals surface area contributed by atoms with Crippen molar-refractivity contribution in [1.29, 1.82) is 0 Å². The van der Waals surface area contributed by atoms with Gasteiger partial charge in [0, 0.05) is 19.2 Å². The van der Waals surface area contributed by atoms with Gasteiger partial charge in [0.15, 0.2) is 0 Å². The van der Waals surface area contributed by atoms with E-state index in [-0.39, 0.29) is 23.7 Å². The molecule has 1 unspecified atom stereocenters. The van der Waals surface area contributed by atoms with Crippen LogP contribution in [0.3, 0.4) is 0 Å². The first-order chi connectivity index (χ1) is 14.3. The number of morpholine rings is 1. The summed E-state index contributed by atoms with van der Waals surface area (Å²) in [5, 5.41) is 9.76. The number of likely N-dealkylation sites (N-methyl/N-ethyl adjacent to an activating group) is 2. The molecule has 8 nitrogen and oxygen atoms in total. The molecule has 0 aliphatic carbocycles. The van der Waals surface area contributed by atoms with Crippen molar-refractivity contribution in [2.45, 2.75) is 24.7 Å². The second-order valence-electron chi connectivity index (χ2n) is 7.46. The fraction of sp³-hybridized carbons (Fsp3) is 0.526. The van der Waals surface area contributed by atoms with Crippen molar-refractivity contribution in [2.24, 2.45) is 0 Å². The number of benzene rings is 1. The van der Waals surface area contributed by atoms with Gasteiger partial charge < -0.3 is 20.1 Å². The highest BCUT2D eigenvalue weighted by molar-refractivity contribution is 5.96. The zero-order valence-electron chi connectivity index (χ0n) is 17.1. The molecule has 2 N–H and O–H groups in total. The molecule has 1 spiro atoms. The van der Waals surface area contributed by atoms with E-state index in [1.54, 1.807) is 18.9 Å². The van der Waals surface area contributed by atoms with Gasteiger partial charge in [0.1, 0.15) is 17.5 Å². The van der Waals surface area contributed by atoms with Gasteiger partial charge >= 0.3 is 12.1 Å². The van der Waals surface area contributed by atoms with E-state index in [0.29, 0.717) is 37.4 Å². The maximum absolute atomic E-state index is 13.2. The summed E-state index contributed by atoms with van der Waals surface area (Å²) in [5.41, 5.74) is 0.726. The molecule has 0 bridgehead atoms. The van der Waals surface area contributed by atoms with Crippen LogP contribution < -0.4 is 5.32 Å². The molecule has 2 aliphatic heterocycles. The van der Waals surface area contributed by atoms with Gasteiger partial charge in [0.05, 0.1) is 19.7 Å². The van der Waals surface area contributed by atoms with E-state index in [1.807, 2.05) is 11.9 Å². The summed E-state index contributed by atoms with van der Waals surface area (Å²) < 4.78 is 50.8. The van der Waals surface area contributed by atoms with Crippen LogP contribution in [-0.4, -0.2) is 90.8 Å². The lowest BCUT2D eigenvalue weighted by molar-refractivity contribution is -0.192. The number of amides is 2. The number of nitrogens with one attached hydrogen (secondary N) is 1. The van der Waals surface area contributed by atoms with E-state index in [1.165, 1.54) is 18.2 Å². The number of aliphatic carboxylic acids is 1. The highest BCUT2D eigenvalue weighted by Gasteiger charge is 2.51. The van der Waals surface area contributed by atoms with E-state index in [2.05, 4.69) is 5.32 Å². The Morgan fingerprint density at radius 3 is 2.26 bits per heavy atom. The van der Waals surface area contributed by atoms with Gasteiger partial charge in [-0.05, 0) is 37.7 Å². The average Bonchev–Trinajstić information content (AvgIpc) is 2.64. The van der Waals surface area contributed by atoms with Gasteiger partial charge in [0.25, 0.3) is 5.91 Å². The Balaban J connectivity index is 0.000000423. The highest BCUT2D eigenvalue weighted by atomic mass is 19.4. The maximum atomic E-state index is 13.2. The molecule has 12 heteroatoms. The van der Waals surface area contributed by atoms with Crippen LogP contribution in [0.5, 0.6) is 0 Å². The van der Waals surface area contributed by atoms with E-state index < -0.39 is 17.7 Å². The first kappa shape index (κ1) is 24.5. The number of aryl methyl sites for hydroxylation is 1. The fourth-order valence-corrected chi connectivity index (χ4v) is 3.46. The predicted octanol–water partition coefficient (Wildman–Crippen LogP) is 1.04. The minimum absolute atomic E-state index is 0.0680. The number of alkyl halides is 3. The molecule has 2 amide bonds. The maximum Gasteiger partial charge on any atom is 0.490 e. The summed E-state index contributed by atoms with van der Waals surface area (Å²) >= 11 is 0. The molecule has 1 aromatic carbocycles. The average molecular weight is 449 g/mol. The minimum Gasteiger partial charge on any atom is -0.475 e. The molecule has 1 aromatic rings. The number of likely N-dealkylation sites (tertiary alicyclic amines) is 1. The molecule has 31 heavy (non-hydrogen) atoms. The van der Waals surface area contributed by atoms with Gasteiger partial charge in [0.2, 0.25) is 5.91 Å². The molecule has 2 fully saturated rings. The van der Waals surface area contributed by atoms with Gasteiger partial charge in [-0.2, -0.15) is 13.2 Å². The van der Waals surface area contributed by atoms with Crippen LogP contribution in [0.4, 0.5) is 17.6 Å². The Labute approximate surface area is 175 Å². The third-order valence-corrected chi connectivity index (χ3v) is 5.07. The molecule has 2 heterocycles. The SMILES string of the molecule is CNC(=O)C1COC2(CN(C(=O)c3ccc(F)cc3C)C2)CN1C.O=C(O)C(F)(F)F. The predicted molar refractivity (Wildman–Crippen MR) is 99.9 cm³/mol. The molecule has 2 saturated heterocycles. The number of carboxylic acids is 1. The van der Waals surface area contributed by atoms with Crippen molar-refractivity contribution in [1.82, 2.24) is 15.1 Å². The Bertz CT molecular complexity index is 855. The number of carbonyl (C=O) groups is 3. The number of carbonyl (C=O) groups excluding carboxylic acids is 2. The zero-order valence-corrected chi connectivity index (χ0v) is 17.1. The minimum atomic E-state index is -5.08. The number of nitrogens with zero attached hydrogens (tertiary/aromatic N) is 2. The first-order valence-corrected chi connectivity index (χ1v) is 9.21. The summed E-state index contributed by atoms with van der Waals surface area (Å²) in [6, 6.07) is 3.88. The normalized spacial score (nSPS) is 20.4. The van der Waals surface area contributed by atoms with Crippen molar-refractivity contribution in [3.8, 4) is 0 Å². The second-order valence-corrected chi connectivity index (χ2v) is 7.46. The lowest BCUT2D eigenvalue weighted by atomic mass is 9.89. The molecule has 1 atom stereocenters. The molecule has 0 saturated carbocycles. The molecule has 0 aromatic heterocycles. The van der Waals surface area contributed by atoms with Gasteiger partial charge in [-0.25, -0.2) is 9.18 Å². The monoisotopic (exact) mass is 449 g/mol. The fourth-order valence-electron chi connectivity index (χ4n) is 3.46. The standard InChI is InChI=1S/C17H22FN3O3.C2HF3O2/c1-11-6-12(18)4-5-13(11)16(23)21-9-17(10-21)8-20(3)14(7-24-17)15(22)19-2;3-2(4,5)1(6)7/h4-6,14H,7-10H2,1-3H3,(H,19,22);(H,6,7). The summed E-state index contributed by atoms with van der Waals surface area (Å²) in [6.07, 6.45) is -5.08. The van der Waals surface area contributed by atoms with Crippen LogP contribution >= 0.6 is 0 Å². The molecule has 0 radical (unpaired) electrons. The van der Waals surface area contributed by atoms with Crippen molar-refractivity contribution in [2.75, 3.05) is 40.3 Å². The molecular formula is C19H23F4N3O5. The van der Waals surface area contributed by atoms with Crippen molar-refractivity contribution in [3.63, 3.8) is 0 Å². The highest BCUT2D eigenvalue weighted by Crippen LogP contribution is 2.32. The van der Waals surface area contributed by atoms with E-state index in [0.717, 1.165) is 0 Å². The summed E-state index contributed by atoms with van der Waals surface area (Å²) in [6.45, 7) is 3.59. The number of carboxylic acid groups (broad SMARTS) is 1. The van der Waals surface area contributed by atoms with Gasteiger partial charge in [-0.1, -0.05) is 0 Å². The Kier molecular flexibility index (Phi) is 7.27. The van der Waals surface area contributed by atoms with Crippen LogP contribution in [0.25, 0.3) is 0 Å². The third kappa shape index (κ3) is 5.70. The summed E-state index contributed by atoms with van der Waals surface area (Å²) in [5.74, 6) is -3.28. The number of rotatable bonds is 2. The first-order valence-electron chi connectivity index (χ1n) is 9.21. The number of halogens is 4. The Morgan fingerprint density at radius 1 is 1.23 bits per heavy atom. The number of ether oxygens (including phenoxy) is 1. The van der Waals surface area contributed by atoms with Crippen molar-refractivity contribution >= 4 is 17.8 Å². The smallest absolute Gasteiger partial charge is 0.475 e. The van der Waals surface area contributed by atoms with Gasteiger partial charge in [-0.15, -0.1) is 0 Å². The van der Waals surface area contributed by atoms with Crippen LogP contribution in [0.2, 0.25) is 0 Å². The van der Waals surface area contributed by atoms with E-state index in [9.17, 15) is 27.2 Å². The number of hydrogen-bond donors (Lipinski definition) is 2. The van der Waals surface area contributed by atoms with Crippen LogP contribution in [0, 0.1) is 12.7 Å². The van der Waals surface area contributed by atoms with Crippen LogP contribution in [0.1, 0.15) is 15.9 Å². The Hall–Kier alpha value is -2.73. The van der Waals surface area contributed by atoms with Gasteiger partial charge in [-0.3, -0.25) is 14.5 Å². The third-order valence-electron chi connectivity index (χ3n) is 5.07. The van der Waals surface area contributed by atoms with E-state index in [4.69, 9.17) is 14.6 Å². The lowest BCUT2D eigenvalue weighted by Gasteiger charge is -2.54. The van der Waals surface area contributed by atoms with E-state index >= 15 is 0 Å². The van der Waals surface area contributed by atoms with Crippen molar-refractivity contribution in [3.05, 3.63) is 35.1 Å². The summed E-state index contributed by atoms with van der Waals surface area (Å²) in [4.78, 5) is 36.9. The largest absolute Gasteiger partial charge is 0.490 e. The molecule has 2 aliphatic rings. The lowest BCUT2D eigenvalue weighted by Crippen LogP contribution is -2.73. The molecule has 172 valence electrons. The van der Waals surface area contributed by atoms with Crippen LogP contribution in [-0.2, 0) is 14.3 Å².